The summed E-state index contributed by atoms with van der Waals surface area (Å²) < 4.78 is 5.29. The molecule has 0 N–H and O–H groups in total. The zero-order chi connectivity index (χ0) is 18.3. The Hall–Kier alpha value is -2.59. The van der Waals surface area contributed by atoms with Gasteiger partial charge in [-0.25, -0.2) is 4.79 Å². The number of hydrogen-bond acceptors (Lipinski definition) is 3. The molecule has 2 aromatic carbocycles. The fourth-order valence-corrected chi connectivity index (χ4v) is 3.74. The maximum Gasteiger partial charge on any atom is 0.336 e. The van der Waals surface area contributed by atoms with Crippen LogP contribution in [0.5, 0.6) is 0 Å². The number of carbonyl (C=O) groups is 2. The lowest BCUT2D eigenvalue weighted by Crippen LogP contribution is -2.37. The number of ether oxygens (including phenoxy) is 1. The average Bonchev–Trinajstić information content (AvgIpc) is 3.03. The van der Waals surface area contributed by atoms with E-state index in [1.807, 2.05) is 36.4 Å². The molecule has 132 valence electrons. The minimum Gasteiger partial charge on any atom is -0.456 e. The fraction of sp³-hybridized carbons (Fsp3) is 0.238. The Morgan fingerprint density at radius 1 is 1.08 bits per heavy atom. The molecule has 26 heavy (non-hydrogen) atoms. The topological polar surface area (TPSA) is 46.6 Å². The van der Waals surface area contributed by atoms with E-state index >= 15 is 0 Å². The van der Waals surface area contributed by atoms with Crippen molar-refractivity contribution in [3.05, 3.63) is 76.0 Å². The van der Waals surface area contributed by atoms with Crippen molar-refractivity contribution >= 4 is 29.2 Å². The molecule has 1 unspecified atom stereocenters. The minimum absolute atomic E-state index is 0.0359. The van der Waals surface area contributed by atoms with Gasteiger partial charge in [-0.2, -0.15) is 0 Å². The summed E-state index contributed by atoms with van der Waals surface area (Å²) in [6.45, 7) is 2.21. The van der Waals surface area contributed by atoms with Gasteiger partial charge in [-0.15, -0.1) is 0 Å². The number of nitrogens with zero attached hydrogens (tertiary/aromatic N) is 1. The van der Waals surface area contributed by atoms with E-state index in [0.29, 0.717) is 16.3 Å². The third kappa shape index (κ3) is 2.80. The van der Waals surface area contributed by atoms with Crippen molar-refractivity contribution in [3.63, 3.8) is 0 Å². The number of amides is 1. The first-order valence-corrected chi connectivity index (χ1v) is 9.03. The van der Waals surface area contributed by atoms with E-state index in [4.69, 9.17) is 16.3 Å². The molecule has 2 aliphatic heterocycles. The maximum absolute atomic E-state index is 12.9. The maximum atomic E-state index is 12.9. The number of anilines is 1. The zero-order valence-corrected chi connectivity index (χ0v) is 15.1. The molecule has 1 atom stereocenters. The molecule has 5 heteroatoms. The second-order valence-corrected chi connectivity index (χ2v) is 6.93. The molecule has 2 aliphatic rings. The number of halogens is 1. The second kappa shape index (κ2) is 6.61. The van der Waals surface area contributed by atoms with Gasteiger partial charge in [0, 0.05) is 23.0 Å². The Kier molecular flexibility index (Phi) is 4.29. The Bertz CT molecular complexity index is 900. The molecule has 4 nitrogen and oxygen atoms in total. The van der Waals surface area contributed by atoms with E-state index in [1.54, 1.807) is 17.0 Å². The van der Waals surface area contributed by atoms with Gasteiger partial charge >= 0.3 is 5.97 Å². The Balaban J connectivity index is 1.78. The Morgan fingerprint density at radius 2 is 1.77 bits per heavy atom. The number of aryl methyl sites for hydroxylation is 1. The van der Waals surface area contributed by atoms with Gasteiger partial charge in [-0.3, -0.25) is 9.69 Å². The van der Waals surface area contributed by atoms with Crippen LogP contribution in [0.2, 0.25) is 5.02 Å². The third-order valence-electron chi connectivity index (χ3n) is 4.99. The highest BCUT2D eigenvalue weighted by molar-refractivity contribution is 6.30. The van der Waals surface area contributed by atoms with Crippen LogP contribution in [0.25, 0.3) is 0 Å². The minimum atomic E-state index is -0.345. The molecule has 0 bridgehead atoms. The summed E-state index contributed by atoms with van der Waals surface area (Å²) in [5.74, 6) is -0.676. The Labute approximate surface area is 157 Å². The number of benzene rings is 2. The van der Waals surface area contributed by atoms with Crippen LogP contribution in [0.4, 0.5) is 5.69 Å². The van der Waals surface area contributed by atoms with Gasteiger partial charge in [0.2, 0.25) is 5.91 Å². The molecule has 0 radical (unpaired) electrons. The second-order valence-electron chi connectivity index (χ2n) is 6.49. The first-order chi connectivity index (χ1) is 12.6. The molecule has 1 amide bonds. The van der Waals surface area contributed by atoms with E-state index in [2.05, 4.69) is 6.92 Å². The number of rotatable bonds is 3. The van der Waals surface area contributed by atoms with E-state index in [1.165, 1.54) is 5.56 Å². The van der Waals surface area contributed by atoms with Crippen LogP contribution < -0.4 is 4.90 Å². The van der Waals surface area contributed by atoms with Gasteiger partial charge in [0.05, 0.1) is 11.3 Å². The van der Waals surface area contributed by atoms with Crippen LogP contribution in [0, 0.1) is 0 Å². The molecule has 2 aromatic rings. The molecule has 0 saturated carbocycles. The molecular formula is C21H18ClNO3. The smallest absolute Gasteiger partial charge is 0.336 e. The number of esters is 1. The highest BCUT2D eigenvalue weighted by Gasteiger charge is 2.42. The van der Waals surface area contributed by atoms with Crippen LogP contribution in [-0.4, -0.2) is 18.5 Å². The third-order valence-corrected chi connectivity index (χ3v) is 5.24. The van der Waals surface area contributed by atoms with E-state index < -0.39 is 0 Å². The van der Waals surface area contributed by atoms with Crippen molar-refractivity contribution in [2.24, 2.45) is 0 Å². The summed E-state index contributed by atoms with van der Waals surface area (Å²) in [6, 6.07) is 15.1. The van der Waals surface area contributed by atoms with E-state index in [9.17, 15) is 9.59 Å². The predicted molar refractivity (Wildman–Crippen MR) is 100 cm³/mol. The van der Waals surface area contributed by atoms with Gasteiger partial charge in [0.1, 0.15) is 6.61 Å². The van der Waals surface area contributed by atoms with Crippen molar-refractivity contribution in [1.29, 1.82) is 0 Å². The van der Waals surface area contributed by atoms with Gasteiger partial charge < -0.3 is 4.74 Å². The quantitative estimate of drug-likeness (QED) is 0.762. The van der Waals surface area contributed by atoms with E-state index in [0.717, 1.165) is 17.7 Å². The first-order valence-electron chi connectivity index (χ1n) is 8.66. The van der Waals surface area contributed by atoms with Gasteiger partial charge in [-0.05, 0) is 41.8 Å². The molecule has 0 aliphatic carbocycles. The highest BCUT2D eigenvalue weighted by atomic mass is 35.5. The molecular weight excluding hydrogens is 350 g/mol. The summed E-state index contributed by atoms with van der Waals surface area (Å²) in [5.41, 5.74) is 4.09. The largest absolute Gasteiger partial charge is 0.456 e. The summed E-state index contributed by atoms with van der Waals surface area (Å²) in [6.07, 6.45) is 1.16. The van der Waals surface area contributed by atoms with Crippen molar-refractivity contribution < 1.29 is 14.3 Å². The summed E-state index contributed by atoms with van der Waals surface area (Å²) >= 11 is 5.97. The lowest BCUT2D eigenvalue weighted by atomic mass is 9.84. The average molecular weight is 368 g/mol. The van der Waals surface area contributed by atoms with Gasteiger partial charge in [-0.1, -0.05) is 42.8 Å². The summed E-state index contributed by atoms with van der Waals surface area (Å²) in [7, 11) is 0. The normalized spacial score (nSPS) is 19.6. The van der Waals surface area contributed by atoms with Crippen molar-refractivity contribution in [3.8, 4) is 0 Å². The Morgan fingerprint density at radius 3 is 2.42 bits per heavy atom. The van der Waals surface area contributed by atoms with Crippen LogP contribution in [-0.2, 0) is 20.7 Å². The summed E-state index contributed by atoms with van der Waals surface area (Å²) in [5, 5.41) is 0.622. The lowest BCUT2D eigenvalue weighted by Gasteiger charge is -2.32. The molecule has 0 aromatic heterocycles. The molecule has 0 saturated heterocycles. The highest BCUT2D eigenvalue weighted by Crippen LogP contribution is 2.42. The monoisotopic (exact) mass is 367 g/mol. The van der Waals surface area contributed by atoms with Crippen LogP contribution in [0.15, 0.2) is 59.8 Å². The molecule has 0 spiro atoms. The van der Waals surface area contributed by atoms with Crippen molar-refractivity contribution in [2.75, 3.05) is 11.5 Å². The predicted octanol–water partition coefficient (Wildman–Crippen LogP) is 4.23. The van der Waals surface area contributed by atoms with Crippen molar-refractivity contribution in [2.45, 2.75) is 25.7 Å². The summed E-state index contributed by atoms with van der Waals surface area (Å²) in [4.78, 5) is 27.0. The van der Waals surface area contributed by atoms with Crippen LogP contribution in [0.3, 0.4) is 0 Å². The van der Waals surface area contributed by atoms with Crippen LogP contribution >= 0.6 is 11.6 Å². The zero-order valence-electron chi connectivity index (χ0n) is 14.4. The van der Waals surface area contributed by atoms with Gasteiger partial charge in [0.15, 0.2) is 0 Å². The van der Waals surface area contributed by atoms with Gasteiger partial charge in [0.25, 0.3) is 0 Å². The van der Waals surface area contributed by atoms with E-state index in [-0.39, 0.29) is 30.8 Å². The number of carbonyl (C=O) groups excluding carboxylic acids is 2. The number of hydrogen-bond donors (Lipinski definition) is 0. The molecule has 4 rings (SSSR count). The lowest BCUT2D eigenvalue weighted by molar-refractivity contribution is -0.136. The molecule has 2 heterocycles. The number of cyclic esters (lactones) is 1. The fourth-order valence-electron chi connectivity index (χ4n) is 3.61. The van der Waals surface area contributed by atoms with Crippen LogP contribution in [0.1, 0.15) is 30.4 Å². The van der Waals surface area contributed by atoms with Crippen molar-refractivity contribution in [1.82, 2.24) is 0 Å². The SMILES string of the molecule is CCc1ccc(N2C(=O)CC(c3ccc(Cl)cc3)C3=C2COC3=O)cc1. The first kappa shape index (κ1) is 16.9. The standard InChI is InChI=1S/C21H18ClNO3/c1-2-13-3-9-16(10-4-13)23-18-12-26-21(25)20(18)17(11-19(23)24)14-5-7-15(22)8-6-14/h3-10,17H,2,11-12H2,1H3. The molecule has 0 fully saturated rings.